The third-order valence-electron chi connectivity index (χ3n) is 6.30. The second-order valence-electron chi connectivity index (χ2n) is 9.04. The van der Waals surface area contributed by atoms with Gasteiger partial charge in [0.1, 0.15) is 18.9 Å². The first kappa shape index (κ1) is 27.0. The van der Waals surface area contributed by atoms with Gasteiger partial charge in [-0.05, 0) is 35.0 Å². The molecule has 0 aromatic heterocycles. The van der Waals surface area contributed by atoms with Crippen LogP contribution in [0.2, 0.25) is 0 Å². The third kappa shape index (κ3) is 6.09. The molecule has 2 unspecified atom stereocenters. The van der Waals surface area contributed by atoms with Gasteiger partial charge in [-0.25, -0.2) is 0 Å². The van der Waals surface area contributed by atoms with Gasteiger partial charge in [-0.1, -0.05) is 42.5 Å². The minimum atomic E-state index is -1.29. The molecule has 0 radical (unpaired) electrons. The van der Waals surface area contributed by atoms with E-state index in [-0.39, 0.29) is 18.1 Å². The first-order valence-electron chi connectivity index (χ1n) is 12.1. The van der Waals surface area contributed by atoms with Gasteiger partial charge in [-0.15, -0.1) is 0 Å². The van der Waals surface area contributed by atoms with Crippen molar-refractivity contribution >= 4 is 58.0 Å². The van der Waals surface area contributed by atoms with Crippen molar-refractivity contribution in [2.75, 3.05) is 22.9 Å². The number of fused-ring (bicyclic) bond motifs is 2. The summed E-state index contributed by atoms with van der Waals surface area (Å²) in [4.78, 5) is 77.0. The summed E-state index contributed by atoms with van der Waals surface area (Å²) < 4.78 is 0. The van der Waals surface area contributed by atoms with Gasteiger partial charge in [0.15, 0.2) is 0 Å². The highest BCUT2D eigenvalue weighted by atomic mass is 16.4. The summed E-state index contributed by atoms with van der Waals surface area (Å²) in [5.74, 6) is -3.64. The number of carbonyl (C=O) groups excluding carboxylic acids is 5. The van der Waals surface area contributed by atoms with Crippen LogP contribution in [-0.4, -0.2) is 66.2 Å². The number of hydrogen-bond donors (Lipinski definition) is 3. The normalized spacial score (nSPS) is 15.6. The first-order valence-corrected chi connectivity index (χ1v) is 12.1. The Morgan fingerprint density at radius 3 is 2.33 bits per heavy atom. The van der Waals surface area contributed by atoms with E-state index in [0.29, 0.717) is 17.5 Å². The van der Waals surface area contributed by atoms with Crippen molar-refractivity contribution in [1.29, 1.82) is 0 Å². The Morgan fingerprint density at radius 2 is 1.67 bits per heavy atom. The predicted octanol–water partition coefficient (Wildman–Crippen LogP) is 1.50. The van der Waals surface area contributed by atoms with E-state index >= 15 is 0 Å². The molecular formula is C28H26N4O7. The van der Waals surface area contributed by atoms with Gasteiger partial charge in [0.25, 0.3) is 11.8 Å². The summed E-state index contributed by atoms with van der Waals surface area (Å²) in [6.07, 6.45) is -0.323. The maximum atomic E-state index is 13.8. The molecule has 1 aliphatic rings. The number of anilines is 2. The standard InChI is InChI=1S/C28H26N4O7/c1-17(34)31-14-22(30-27(38)20-11-10-18-6-2-3-7-19(18)12-20)28(39)32(24-9-5-4-8-23(24)31)15-25(35)29-21(16-33)13-26(36)37/h2-12,16,21-22H,13-15H2,1H3,(H,29,35)(H,30,38)(H,36,37). The van der Waals surface area contributed by atoms with Crippen molar-refractivity contribution in [2.45, 2.75) is 25.4 Å². The molecule has 0 spiro atoms. The molecule has 4 amide bonds. The Balaban J connectivity index is 1.64. The van der Waals surface area contributed by atoms with Crippen LogP contribution in [0.5, 0.6) is 0 Å². The number of rotatable bonds is 8. The molecule has 3 N–H and O–H groups in total. The number of aliphatic carboxylic acids is 1. The highest BCUT2D eigenvalue weighted by molar-refractivity contribution is 6.11. The van der Waals surface area contributed by atoms with Gasteiger partial charge >= 0.3 is 5.97 Å². The third-order valence-corrected chi connectivity index (χ3v) is 6.30. The van der Waals surface area contributed by atoms with E-state index in [1.54, 1.807) is 42.5 Å². The lowest BCUT2D eigenvalue weighted by molar-refractivity contribution is -0.139. The van der Waals surface area contributed by atoms with Crippen molar-refractivity contribution in [2.24, 2.45) is 0 Å². The lowest BCUT2D eigenvalue weighted by Crippen LogP contribution is -2.54. The fraction of sp³-hybridized carbons (Fsp3) is 0.214. The van der Waals surface area contributed by atoms with Gasteiger partial charge in [-0.2, -0.15) is 0 Å². The van der Waals surface area contributed by atoms with Gasteiger partial charge in [-0.3, -0.25) is 28.9 Å². The Morgan fingerprint density at radius 1 is 1.00 bits per heavy atom. The van der Waals surface area contributed by atoms with Crippen molar-refractivity contribution < 1.29 is 33.9 Å². The Kier molecular flexibility index (Phi) is 7.99. The van der Waals surface area contributed by atoms with E-state index in [1.807, 2.05) is 24.3 Å². The molecule has 0 saturated heterocycles. The topological polar surface area (TPSA) is 153 Å². The maximum absolute atomic E-state index is 13.8. The average molecular weight is 531 g/mol. The van der Waals surface area contributed by atoms with Crippen molar-refractivity contribution in [3.63, 3.8) is 0 Å². The molecule has 0 saturated carbocycles. The van der Waals surface area contributed by atoms with E-state index in [4.69, 9.17) is 5.11 Å². The number of carboxylic acid groups (broad SMARTS) is 1. The summed E-state index contributed by atoms with van der Waals surface area (Å²) in [5, 5.41) is 15.7. The van der Waals surface area contributed by atoms with Crippen LogP contribution in [0.4, 0.5) is 11.4 Å². The van der Waals surface area contributed by atoms with Gasteiger partial charge in [0.2, 0.25) is 11.8 Å². The van der Waals surface area contributed by atoms with Crippen molar-refractivity contribution in [3.8, 4) is 0 Å². The van der Waals surface area contributed by atoms with E-state index < -0.39 is 48.7 Å². The quantitative estimate of drug-likeness (QED) is 0.373. The zero-order valence-corrected chi connectivity index (χ0v) is 21.0. The molecule has 200 valence electrons. The number of carboxylic acids is 1. The van der Waals surface area contributed by atoms with E-state index in [2.05, 4.69) is 10.6 Å². The van der Waals surface area contributed by atoms with Crippen molar-refractivity contribution in [1.82, 2.24) is 10.6 Å². The van der Waals surface area contributed by atoms with Crippen LogP contribution in [0.15, 0.2) is 66.7 Å². The minimum Gasteiger partial charge on any atom is -0.481 e. The zero-order chi connectivity index (χ0) is 28.1. The van der Waals surface area contributed by atoms with Crippen LogP contribution in [0.1, 0.15) is 23.7 Å². The van der Waals surface area contributed by atoms with Crippen LogP contribution in [-0.2, 0) is 24.0 Å². The Labute approximate surface area is 223 Å². The molecule has 3 aromatic rings. The molecular weight excluding hydrogens is 504 g/mol. The fourth-order valence-electron chi connectivity index (χ4n) is 4.44. The molecule has 3 aromatic carbocycles. The van der Waals surface area contributed by atoms with Crippen LogP contribution in [0, 0.1) is 0 Å². The number of aldehydes is 1. The smallest absolute Gasteiger partial charge is 0.305 e. The van der Waals surface area contributed by atoms with Gasteiger partial charge < -0.3 is 25.4 Å². The lowest BCUT2D eigenvalue weighted by Gasteiger charge is -2.25. The molecule has 1 aliphatic heterocycles. The fourth-order valence-corrected chi connectivity index (χ4v) is 4.44. The highest BCUT2D eigenvalue weighted by Gasteiger charge is 2.37. The lowest BCUT2D eigenvalue weighted by atomic mass is 10.1. The van der Waals surface area contributed by atoms with E-state index in [1.165, 1.54) is 11.8 Å². The Bertz CT molecular complexity index is 1470. The molecule has 0 fully saturated rings. The number of nitrogens with one attached hydrogen (secondary N) is 2. The molecule has 4 rings (SSSR count). The predicted molar refractivity (Wildman–Crippen MR) is 142 cm³/mol. The zero-order valence-electron chi connectivity index (χ0n) is 21.0. The molecule has 39 heavy (non-hydrogen) atoms. The average Bonchev–Trinajstić information content (AvgIpc) is 3.02. The molecule has 0 aliphatic carbocycles. The summed E-state index contributed by atoms with van der Waals surface area (Å²) in [7, 11) is 0. The van der Waals surface area contributed by atoms with E-state index in [0.717, 1.165) is 15.7 Å². The van der Waals surface area contributed by atoms with Gasteiger partial charge in [0.05, 0.1) is 30.4 Å². The monoisotopic (exact) mass is 530 g/mol. The number of carbonyl (C=O) groups is 6. The maximum Gasteiger partial charge on any atom is 0.305 e. The second-order valence-corrected chi connectivity index (χ2v) is 9.04. The summed E-state index contributed by atoms with van der Waals surface area (Å²) >= 11 is 0. The van der Waals surface area contributed by atoms with E-state index in [9.17, 15) is 28.8 Å². The Hall–Kier alpha value is -5.06. The van der Waals surface area contributed by atoms with Crippen LogP contribution in [0.25, 0.3) is 10.8 Å². The van der Waals surface area contributed by atoms with Crippen molar-refractivity contribution in [3.05, 3.63) is 72.3 Å². The molecule has 2 atom stereocenters. The number of hydrogen-bond acceptors (Lipinski definition) is 6. The minimum absolute atomic E-state index is 0.182. The summed E-state index contributed by atoms with van der Waals surface area (Å²) in [5.41, 5.74) is 0.909. The number of benzene rings is 3. The first-order chi connectivity index (χ1) is 18.7. The van der Waals surface area contributed by atoms with Crippen LogP contribution in [0.3, 0.4) is 0 Å². The summed E-state index contributed by atoms with van der Waals surface area (Å²) in [6.45, 7) is 0.568. The second kappa shape index (κ2) is 11.5. The molecule has 11 heteroatoms. The SMILES string of the molecule is CC(=O)N1CC(NC(=O)c2ccc3ccccc3c2)C(=O)N(CC(=O)NC(C=O)CC(=O)O)c2ccccc21. The van der Waals surface area contributed by atoms with Crippen LogP contribution < -0.4 is 20.4 Å². The van der Waals surface area contributed by atoms with Crippen LogP contribution >= 0.6 is 0 Å². The number of nitrogens with zero attached hydrogens (tertiary/aromatic N) is 2. The number of para-hydroxylation sites is 2. The highest BCUT2D eigenvalue weighted by Crippen LogP contribution is 2.33. The number of amides is 4. The molecule has 0 bridgehead atoms. The molecule has 1 heterocycles. The summed E-state index contributed by atoms with van der Waals surface area (Å²) in [6, 6.07) is 16.5. The molecule has 11 nitrogen and oxygen atoms in total. The van der Waals surface area contributed by atoms with Gasteiger partial charge in [0, 0.05) is 12.5 Å². The largest absolute Gasteiger partial charge is 0.481 e.